The summed E-state index contributed by atoms with van der Waals surface area (Å²) in [7, 11) is 0. The van der Waals surface area contributed by atoms with Crippen LogP contribution < -0.4 is 5.73 Å². The number of aromatic hydroxyl groups is 1. The van der Waals surface area contributed by atoms with Crippen LogP contribution in [0.4, 0.5) is 5.95 Å². The van der Waals surface area contributed by atoms with Crippen molar-refractivity contribution in [1.29, 1.82) is 0 Å². The van der Waals surface area contributed by atoms with E-state index in [1.807, 2.05) is 30.3 Å². The van der Waals surface area contributed by atoms with Crippen molar-refractivity contribution in [3.05, 3.63) is 58.6 Å². The predicted octanol–water partition coefficient (Wildman–Crippen LogP) is 4.41. The van der Waals surface area contributed by atoms with Crippen LogP contribution in [0.15, 0.2) is 48.5 Å². The number of benzene rings is 2. The molecule has 2 aromatic carbocycles. The van der Waals surface area contributed by atoms with Gasteiger partial charge >= 0.3 is 0 Å². The van der Waals surface area contributed by atoms with Crippen molar-refractivity contribution in [2.24, 2.45) is 0 Å². The Morgan fingerprint density at radius 1 is 0.909 bits per heavy atom. The number of nitrogen functional groups attached to an aromatic ring is 1. The van der Waals surface area contributed by atoms with Crippen LogP contribution in [0.25, 0.3) is 22.5 Å². The second kappa shape index (κ2) is 5.83. The van der Waals surface area contributed by atoms with Crippen molar-refractivity contribution in [2.75, 3.05) is 5.73 Å². The highest BCUT2D eigenvalue weighted by atomic mass is 35.5. The molecule has 0 atom stereocenters. The Bertz CT molecular complexity index is 838. The molecule has 0 fully saturated rings. The smallest absolute Gasteiger partial charge is 0.221 e. The quantitative estimate of drug-likeness (QED) is 0.729. The molecule has 0 saturated carbocycles. The van der Waals surface area contributed by atoms with E-state index in [9.17, 15) is 5.11 Å². The largest absolute Gasteiger partial charge is 0.507 e. The minimum atomic E-state index is 0.0170. The Morgan fingerprint density at radius 2 is 1.59 bits per heavy atom. The van der Waals surface area contributed by atoms with E-state index in [0.29, 0.717) is 27.0 Å². The van der Waals surface area contributed by atoms with Crippen molar-refractivity contribution in [2.45, 2.75) is 0 Å². The highest BCUT2D eigenvalue weighted by molar-refractivity contribution is 6.36. The maximum atomic E-state index is 10.0. The highest BCUT2D eigenvalue weighted by Crippen LogP contribution is 2.39. The van der Waals surface area contributed by atoms with Crippen LogP contribution in [-0.4, -0.2) is 15.1 Å². The summed E-state index contributed by atoms with van der Waals surface area (Å²) < 4.78 is 0. The van der Waals surface area contributed by atoms with E-state index in [1.165, 1.54) is 6.07 Å². The molecule has 0 spiro atoms. The molecular formula is C16H11Cl2N3O. The van der Waals surface area contributed by atoms with Gasteiger partial charge in [0.2, 0.25) is 5.95 Å². The highest BCUT2D eigenvalue weighted by Gasteiger charge is 2.17. The van der Waals surface area contributed by atoms with Gasteiger partial charge in [-0.15, -0.1) is 0 Å². The molecule has 110 valence electrons. The fourth-order valence-electron chi connectivity index (χ4n) is 2.13. The molecule has 22 heavy (non-hydrogen) atoms. The van der Waals surface area contributed by atoms with Crippen molar-refractivity contribution >= 4 is 29.2 Å². The Kier molecular flexibility index (Phi) is 3.88. The van der Waals surface area contributed by atoms with Gasteiger partial charge in [-0.05, 0) is 18.2 Å². The maximum absolute atomic E-state index is 10.0. The third kappa shape index (κ3) is 2.71. The third-order valence-electron chi connectivity index (χ3n) is 3.13. The van der Waals surface area contributed by atoms with Gasteiger partial charge < -0.3 is 10.8 Å². The number of hydrogen-bond donors (Lipinski definition) is 2. The monoisotopic (exact) mass is 331 g/mol. The molecule has 3 N–H and O–H groups in total. The lowest BCUT2D eigenvalue weighted by Gasteiger charge is -2.11. The Balaban J connectivity index is 2.26. The van der Waals surface area contributed by atoms with E-state index in [4.69, 9.17) is 28.9 Å². The fraction of sp³-hybridized carbons (Fsp3) is 0. The molecule has 0 aliphatic heterocycles. The first-order valence-corrected chi connectivity index (χ1v) is 7.19. The molecule has 6 heteroatoms. The van der Waals surface area contributed by atoms with Crippen molar-refractivity contribution < 1.29 is 5.11 Å². The Labute approximate surface area is 137 Å². The van der Waals surface area contributed by atoms with E-state index in [0.717, 1.165) is 5.56 Å². The second-order valence-electron chi connectivity index (χ2n) is 4.62. The molecule has 0 saturated heterocycles. The van der Waals surface area contributed by atoms with Crippen LogP contribution >= 0.6 is 23.2 Å². The van der Waals surface area contributed by atoms with Gasteiger partial charge in [-0.3, -0.25) is 0 Å². The van der Waals surface area contributed by atoms with E-state index >= 15 is 0 Å². The Hall–Kier alpha value is -2.30. The van der Waals surface area contributed by atoms with Gasteiger partial charge in [-0.2, -0.15) is 0 Å². The van der Waals surface area contributed by atoms with Gasteiger partial charge in [0, 0.05) is 16.1 Å². The minimum absolute atomic E-state index is 0.0170. The molecule has 0 bridgehead atoms. The SMILES string of the molecule is Nc1nc(-c2ccccc2)c(Cl)c(-c2cc(Cl)ccc2O)n1. The van der Waals surface area contributed by atoms with Crippen molar-refractivity contribution in [1.82, 2.24) is 9.97 Å². The van der Waals surface area contributed by atoms with Crippen molar-refractivity contribution in [3.8, 4) is 28.3 Å². The molecule has 0 radical (unpaired) electrons. The zero-order valence-corrected chi connectivity index (χ0v) is 12.8. The fourth-order valence-corrected chi connectivity index (χ4v) is 2.60. The number of nitrogens with two attached hydrogens (primary N) is 1. The molecule has 0 amide bonds. The lowest BCUT2D eigenvalue weighted by molar-refractivity contribution is 0.477. The first kappa shape index (κ1) is 14.6. The molecule has 1 heterocycles. The summed E-state index contributed by atoms with van der Waals surface area (Å²) in [6.45, 7) is 0. The predicted molar refractivity (Wildman–Crippen MR) is 89.0 cm³/mol. The molecule has 4 nitrogen and oxygen atoms in total. The van der Waals surface area contributed by atoms with Crippen LogP contribution in [0.5, 0.6) is 5.75 Å². The van der Waals surface area contributed by atoms with Crippen LogP contribution in [0.3, 0.4) is 0 Å². The lowest BCUT2D eigenvalue weighted by Crippen LogP contribution is -2.00. The van der Waals surface area contributed by atoms with Crippen LogP contribution in [-0.2, 0) is 0 Å². The first-order chi connectivity index (χ1) is 10.6. The molecular weight excluding hydrogens is 321 g/mol. The maximum Gasteiger partial charge on any atom is 0.221 e. The summed E-state index contributed by atoms with van der Waals surface area (Å²) in [5.41, 5.74) is 7.86. The van der Waals surface area contributed by atoms with Crippen molar-refractivity contribution in [3.63, 3.8) is 0 Å². The van der Waals surface area contributed by atoms with Gasteiger partial charge in [0.15, 0.2) is 0 Å². The average Bonchev–Trinajstić information content (AvgIpc) is 2.52. The summed E-state index contributed by atoms with van der Waals surface area (Å²) in [4.78, 5) is 8.35. The normalized spacial score (nSPS) is 10.6. The van der Waals surface area contributed by atoms with Crippen LogP contribution in [0.2, 0.25) is 10.0 Å². The lowest BCUT2D eigenvalue weighted by atomic mass is 10.1. The molecule has 3 rings (SSSR count). The number of phenols is 1. The first-order valence-electron chi connectivity index (χ1n) is 6.43. The standard InChI is InChI=1S/C16H11Cl2N3O/c17-10-6-7-12(22)11(8-10)15-13(18)14(20-16(19)21-15)9-4-2-1-3-5-9/h1-8,22H,(H2,19,20,21). The molecule has 0 aliphatic rings. The van der Waals surface area contributed by atoms with Crippen LogP contribution in [0.1, 0.15) is 0 Å². The molecule has 0 unspecified atom stereocenters. The number of anilines is 1. The summed E-state index contributed by atoms with van der Waals surface area (Å²) in [6, 6.07) is 14.0. The number of aromatic nitrogens is 2. The topological polar surface area (TPSA) is 72.0 Å². The van der Waals surface area contributed by atoms with E-state index in [1.54, 1.807) is 12.1 Å². The molecule has 1 aromatic heterocycles. The second-order valence-corrected chi connectivity index (χ2v) is 5.43. The minimum Gasteiger partial charge on any atom is -0.507 e. The molecule has 0 aliphatic carbocycles. The Morgan fingerprint density at radius 3 is 2.32 bits per heavy atom. The van der Waals surface area contributed by atoms with Gasteiger partial charge in [0.25, 0.3) is 0 Å². The van der Waals surface area contributed by atoms with E-state index in [2.05, 4.69) is 9.97 Å². The van der Waals surface area contributed by atoms with E-state index in [-0.39, 0.29) is 11.7 Å². The average molecular weight is 332 g/mol. The van der Waals surface area contributed by atoms with Crippen LogP contribution in [0, 0.1) is 0 Å². The summed E-state index contributed by atoms with van der Waals surface area (Å²) in [5, 5.41) is 10.8. The summed E-state index contributed by atoms with van der Waals surface area (Å²) in [6.07, 6.45) is 0. The third-order valence-corrected chi connectivity index (χ3v) is 3.72. The number of rotatable bonds is 2. The number of hydrogen-bond acceptors (Lipinski definition) is 4. The summed E-state index contributed by atoms with van der Waals surface area (Å²) in [5.74, 6) is 0.0843. The number of halogens is 2. The zero-order valence-electron chi connectivity index (χ0n) is 11.3. The number of nitrogens with zero attached hydrogens (tertiary/aromatic N) is 2. The molecule has 3 aromatic rings. The van der Waals surface area contributed by atoms with Gasteiger partial charge in [0.1, 0.15) is 5.75 Å². The summed E-state index contributed by atoms with van der Waals surface area (Å²) >= 11 is 12.4. The van der Waals surface area contributed by atoms with E-state index < -0.39 is 0 Å². The van der Waals surface area contributed by atoms with Gasteiger partial charge in [0.05, 0.1) is 16.4 Å². The zero-order chi connectivity index (χ0) is 15.7. The van der Waals surface area contributed by atoms with Gasteiger partial charge in [-0.1, -0.05) is 53.5 Å². The van der Waals surface area contributed by atoms with Gasteiger partial charge in [-0.25, -0.2) is 9.97 Å². The number of phenolic OH excluding ortho intramolecular Hbond substituents is 1.